The topological polar surface area (TPSA) is 70.7 Å². The lowest BCUT2D eigenvalue weighted by atomic mass is 10.1. The highest BCUT2D eigenvalue weighted by Crippen LogP contribution is 2.24. The Morgan fingerprint density at radius 3 is 2.62 bits per heavy atom. The molecule has 0 spiro atoms. The number of unbranched alkanes of at least 4 members (excludes halogenated alkanes) is 3. The van der Waals surface area contributed by atoms with Gasteiger partial charge >= 0.3 is 0 Å². The largest absolute Gasteiger partial charge is 0.493 e. The minimum Gasteiger partial charge on any atom is -0.493 e. The van der Waals surface area contributed by atoms with Crippen molar-refractivity contribution in [1.82, 2.24) is 10.2 Å². The van der Waals surface area contributed by atoms with Crippen LogP contribution in [0.4, 0.5) is 5.69 Å². The zero-order valence-electron chi connectivity index (χ0n) is 19.6. The average Bonchev–Trinajstić information content (AvgIpc) is 2.84. The number of amides is 2. The van der Waals surface area contributed by atoms with Crippen molar-refractivity contribution in [3.8, 4) is 5.75 Å². The van der Waals surface area contributed by atoms with Gasteiger partial charge in [-0.15, -0.1) is 0 Å². The molecule has 3 rings (SSSR count). The first kappa shape index (κ1) is 26.2. The molecule has 8 heteroatoms. The van der Waals surface area contributed by atoms with Crippen LogP contribution in [0.5, 0.6) is 5.75 Å². The second-order valence-electron chi connectivity index (χ2n) is 8.39. The van der Waals surface area contributed by atoms with E-state index in [0.717, 1.165) is 49.7 Å². The van der Waals surface area contributed by atoms with Gasteiger partial charge in [0.1, 0.15) is 5.75 Å². The van der Waals surface area contributed by atoms with E-state index in [1.165, 1.54) is 12.8 Å². The summed E-state index contributed by atoms with van der Waals surface area (Å²) in [5.41, 5.74) is 1.66. The number of anilines is 1. The van der Waals surface area contributed by atoms with E-state index in [4.69, 9.17) is 17.0 Å². The molecule has 2 amide bonds. The number of hydrogen-bond acceptors (Lipinski definition) is 4. The molecule has 0 aromatic heterocycles. The molecule has 0 atom stereocenters. The predicted molar refractivity (Wildman–Crippen MR) is 144 cm³/mol. The van der Waals surface area contributed by atoms with Crippen LogP contribution in [0, 0.1) is 0 Å². The van der Waals surface area contributed by atoms with E-state index < -0.39 is 0 Å². The molecule has 1 saturated heterocycles. The highest BCUT2D eigenvalue weighted by atomic mass is 79.9. The number of carbonyl (C=O) groups is 2. The van der Waals surface area contributed by atoms with Gasteiger partial charge in [0.05, 0.1) is 12.2 Å². The summed E-state index contributed by atoms with van der Waals surface area (Å²) in [6, 6.07) is 12.5. The summed E-state index contributed by atoms with van der Waals surface area (Å²) < 4.78 is 6.65. The fourth-order valence-electron chi connectivity index (χ4n) is 3.86. The Kier molecular flexibility index (Phi) is 10.3. The first-order valence-electron chi connectivity index (χ1n) is 11.9. The van der Waals surface area contributed by atoms with Crippen molar-refractivity contribution in [2.75, 3.05) is 25.0 Å². The van der Waals surface area contributed by atoms with E-state index in [2.05, 4.69) is 33.5 Å². The number of hydrogen-bond donors (Lipinski definition) is 2. The molecule has 1 aliphatic heterocycles. The number of piperidine rings is 1. The quantitative estimate of drug-likeness (QED) is 0.291. The van der Waals surface area contributed by atoms with Crippen LogP contribution < -0.4 is 15.4 Å². The smallest absolute Gasteiger partial charge is 0.261 e. The zero-order valence-corrected chi connectivity index (χ0v) is 22.0. The molecule has 0 unspecified atom stereocenters. The molecule has 2 N–H and O–H groups in total. The molecule has 1 fully saturated rings. The first-order valence-corrected chi connectivity index (χ1v) is 13.1. The van der Waals surface area contributed by atoms with Crippen LogP contribution in [-0.2, 0) is 0 Å². The van der Waals surface area contributed by atoms with Crippen LogP contribution in [0.25, 0.3) is 0 Å². The number of likely N-dealkylation sites (tertiary alicyclic amines) is 1. The molecule has 1 heterocycles. The van der Waals surface area contributed by atoms with E-state index in [-0.39, 0.29) is 16.9 Å². The number of halogens is 1. The number of nitrogens with zero attached hydrogens (tertiary/aromatic N) is 1. The maximum Gasteiger partial charge on any atom is 0.261 e. The number of benzene rings is 2. The van der Waals surface area contributed by atoms with Crippen LogP contribution in [0.2, 0.25) is 0 Å². The maximum atomic E-state index is 12.9. The second kappa shape index (κ2) is 13.4. The van der Waals surface area contributed by atoms with Gasteiger partial charge in [-0.1, -0.05) is 48.2 Å². The lowest BCUT2D eigenvalue weighted by Gasteiger charge is -2.26. The van der Waals surface area contributed by atoms with Gasteiger partial charge in [0.25, 0.3) is 11.8 Å². The summed E-state index contributed by atoms with van der Waals surface area (Å²) in [5, 5.41) is 5.89. The lowest BCUT2D eigenvalue weighted by molar-refractivity contribution is 0.0724. The number of ether oxygens (including phenoxy) is 1. The Hall–Kier alpha value is -2.45. The van der Waals surface area contributed by atoms with Crippen molar-refractivity contribution in [2.45, 2.75) is 51.9 Å². The minimum absolute atomic E-state index is 0.0215. The van der Waals surface area contributed by atoms with E-state index in [1.807, 2.05) is 23.1 Å². The predicted octanol–water partition coefficient (Wildman–Crippen LogP) is 6.16. The number of carbonyl (C=O) groups excluding carboxylic acids is 2. The second-order valence-corrected chi connectivity index (χ2v) is 9.72. The molecule has 0 radical (unpaired) electrons. The van der Waals surface area contributed by atoms with Gasteiger partial charge in [0, 0.05) is 28.8 Å². The highest BCUT2D eigenvalue weighted by Gasteiger charge is 2.19. The van der Waals surface area contributed by atoms with E-state index in [1.54, 1.807) is 24.3 Å². The Bertz CT molecular complexity index is 1010. The van der Waals surface area contributed by atoms with Gasteiger partial charge in [-0.2, -0.15) is 0 Å². The number of thiocarbonyl (C=S) groups is 1. The Morgan fingerprint density at radius 1 is 1.06 bits per heavy atom. The maximum absolute atomic E-state index is 12.9. The molecule has 0 aliphatic carbocycles. The van der Waals surface area contributed by atoms with Crippen LogP contribution in [0.3, 0.4) is 0 Å². The van der Waals surface area contributed by atoms with Crippen LogP contribution in [0.15, 0.2) is 46.9 Å². The summed E-state index contributed by atoms with van der Waals surface area (Å²) in [6.07, 6.45) is 7.62. The number of rotatable bonds is 9. The third kappa shape index (κ3) is 7.81. The van der Waals surface area contributed by atoms with E-state index in [9.17, 15) is 9.59 Å². The van der Waals surface area contributed by atoms with Gasteiger partial charge in [-0.25, -0.2) is 0 Å². The molecule has 2 aromatic rings. The molecular weight excluding hydrogens is 514 g/mol. The lowest BCUT2D eigenvalue weighted by Crippen LogP contribution is -2.36. The van der Waals surface area contributed by atoms with Crippen molar-refractivity contribution in [3.63, 3.8) is 0 Å². The molecule has 2 aromatic carbocycles. The van der Waals surface area contributed by atoms with Crippen molar-refractivity contribution in [3.05, 3.63) is 58.1 Å². The average molecular weight is 547 g/mol. The van der Waals surface area contributed by atoms with Gasteiger partial charge in [-0.05, 0) is 74.3 Å². The summed E-state index contributed by atoms with van der Waals surface area (Å²) in [4.78, 5) is 27.6. The van der Waals surface area contributed by atoms with Gasteiger partial charge in [0.15, 0.2) is 5.11 Å². The minimum atomic E-state index is -0.358. The monoisotopic (exact) mass is 545 g/mol. The fourth-order valence-corrected chi connectivity index (χ4v) is 4.43. The van der Waals surface area contributed by atoms with Crippen molar-refractivity contribution in [1.29, 1.82) is 0 Å². The summed E-state index contributed by atoms with van der Waals surface area (Å²) in [7, 11) is 0. The molecule has 182 valence electrons. The van der Waals surface area contributed by atoms with Crippen LogP contribution >= 0.6 is 28.1 Å². The van der Waals surface area contributed by atoms with Gasteiger partial charge < -0.3 is 15.0 Å². The van der Waals surface area contributed by atoms with Crippen molar-refractivity contribution < 1.29 is 14.3 Å². The zero-order chi connectivity index (χ0) is 24.3. The highest BCUT2D eigenvalue weighted by molar-refractivity contribution is 9.10. The SMILES string of the molecule is CCCCCCOc1ccc(Br)cc1C(=O)NC(=S)Nc1cccc(C(=O)N2CCCCC2)c1. The standard InChI is InChI=1S/C26H32BrN3O3S/c1-2-3-4-8-16-33-23-13-12-20(27)18-22(23)24(31)29-26(34)28-21-11-9-10-19(17-21)25(32)30-14-6-5-7-15-30/h9-13,17-18H,2-8,14-16H2,1H3,(H2,28,29,31,34). The van der Waals surface area contributed by atoms with Crippen molar-refractivity contribution >= 4 is 50.8 Å². The molecule has 1 aliphatic rings. The molecular formula is C26H32BrN3O3S. The normalized spacial score (nSPS) is 13.3. The van der Waals surface area contributed by atoms with Gasteiger partial charge in [-0.3, -0.25) is 14.9 Å². The van der Waals surface area contributed by atoms with Crippen LogP contribution in [-0.4, -0.2) is 41.5 Å². The van der Waals surface area contributed by atoms with Crippen molar-refractivity contribution in [2.24, 2.45) is 0 Å². The Morgan fingerprint density at radius 2 is 1.85 bits per heavy atom. The fraction of sp³-hybridized carbons (Fsp3) is 0.423. The summed E-state index contributed by atoms with van der Waals surface area (Å²) in [5.74, 6) is 0.185. The number of nitrogens with one attached hydrogen (secondary N) is 2. The van der Waals surface area contributed by atoms with Gasteiger partial charge in [0.2, 0.25) is 0 Å². The Labute approximate surface area is 215 Å². The van der Waals surface area contributed by atoms with E-state index >= 15 is 0 Å². The molecule has 6 nitrogen and oxygen atoms in total. The summed E-state index contributed by atoms with van der Waals surface area (Å²) in [6.45, 7) is 4.31. The first-order chi connectivity index (χ1) is 16.5. The molecule has 0 bridgehead atoms. The van der Waals surface area contributed by atoms with E-state index in [0.29, 0.717) is 29.2 Å². The van der Waals surface area contributed by atoms with Crippen LogP contribution in [0.1, 0.15) is 72.6 Å². The third-order valence-electron chi connectivity index (χ3n) is 5.68. The molecule has 0 saturated carbocycles. The molecule has 34 heavy (non-hydrogen) atoms. The third-order valence-corrected chi connectivity index (χ3v) is 6.38. The Balaban J connectivity index is 1.60. The summed E-state index contributed by atoms with van der Waals surface area (Å²) >= 11 is 8.79.